The van der Waals surface area contributed by atoms with Crippen molar-refractivity contribution in [2.24, 2.45) is 0 Å². The molecule has 0 bridgehead atoms. The Morgan fingerprint density at radius 2 is 0.573 bits per heavy atom. The predicted octanol–water partition coefficient (Wildman–Crippen LogP) is 24.3. The minimum atomic E-state index is -0.841. The summed E-state index contributed by atoms with van der Waals surface area (Å²) in [4.78, 5) is 24.6. The highest BCUT2D eigenvalue weighted by atomic mass is 16.5. The van der Waals surface area contributed by atoms with Gasteiger partial charge in [0.15, 0.2) is 0 Å². The van der Waals surface area contributed by atoms with E-state index in [1.807, 2.05) is 6.08 Å². The van der Waals surface area contributed by atoms with Crippen LogP contribution in [0.2, 0.25) is 0 Å². The molecule has 0 aliphatic rings. The zero-order valence-electron chi connectivity index (χ0n) is 55.5. The minimum absolute atomic E-state index is 0.0185. The molecule has 0 heterocycles. The first-order chi connectivity index (χ1) is 40.5. The van der Waals surface area contributed by atoms with Crippen LogP contribution in [0.25, 0.3) is 0 Å². The van der Waals surface area contributed by atoms with E-state index in [-0.39, 0.29) is 18.5 Å². The Kier molecular flexibility index (Phi) is 69.9. The first kappa shape index (κ1) is 80.1. The lowest BCUT2D eigenvalue weighted by atomic mass is 10.0. The predicted molar refractivity (Wildman–Crippen MR) is 361 cm³/mol. The van der Waals surface area contributed by atoms with Crippen LogP contribution >= 0.6 is 0 Å². The Bertz CT molecular complexity index is 1330. The third-order valence-electron chi connectivity index (χ3n) is 17.4. The van der Waals surface area contributed by atoms with Gasteiger partial charge in [0.1, 0.15) is 0 Å². The van der Waals surface area contributed by atoms with Crippen molar-refractivity contribution in [3.05, 3.63) is 36.5 Å². The third-order valence-corrected chi connectivity index (χ3v) is 17.4. The molecule has 0 spiro atoms. The standard InChI is InChI=1S/C76H145NO5/c1-3-5-7-9-11-13-15-17-18-19-35-39-42-46-50-54-58-62-66-70-76(81)82-71-67-63-59-55-51-47-43-40-37-34-32-30-28-26-24-22-20-21-23-25-27-29-31-33-36-38-41-45-49-53-57-61-65-69-75(80)77-73(72-78)74(79)68-64-60-56-52-48-44-16-14-12-10-8-6-4-2/h17-18,24,26,64,68,73-74,78-79H,3-16,19-23,25,27-63,65-67,69-72H2,1-2H3,(H,77,80)/b18-17-,26-24-,68-64+. The van der Waals surface area contributed by atoms with E-state index < -0.39 is 12.1 Å². The first-order valence-corrected chi connectivity index (χ1v) is 37.3. The van der Waals surface area contributed by atoms with E-state index in [0.29, 0.717) is 19.4 Å². The number of rotatable bonds is 70. The first-order valence-electron chi connectivity index (χ1n) is 37.3. The average molecular weight is 1150 g/mol. The number of nitrogens with one attached hydrogen (secondary N) is 1. The van der Waals surface area contributed by atoms with Crippen molar-refractivity contribution >= 4 is 11.9 Å². The van der Waals surface area contributed by atoms with Gasteiger partial charge in [-0.25, -0.2) is 0 Å². The quantitative estimate of drug-likeness (QED) is 0.0320. The maximum absolute atomic E-state index is 12.5. The maximum Gasteiger partial charge on any atom is 0.305 e. The van der Waals surface area contributed by atoms with Crippen LogP contribution in [0.1, 0.15) is 412 Å². The second-order valence-corrected chi connectivity index (χ2v) is 25.6. The van der Waals surface area contributed by atoms with Gasteiger partial charge in [0.05, 0.1) is 25.4 Å². The van der Waals surface area contributed by atoms with E-state index in [0.717, 1.165) is 38.5 Å². The molecule has 6 nitrogen and oxygen atoms in total. The molecule has 2 atom stereocenters. The van der Waals surface area contributed by atoms with Crippen molar-refractivity contribution < 1.29 is 24.5 Å². The molecule has 2 unspecified atom stereocenters. The highest BCUT2D eigenvalue weighted by Crippen LogP contribution is 2.19. The fourth-order valence-electron chi connectivity index (χ4n) is 11.7. The summed E-state index contributed by atoms with van der Waals surface area (Å²) in [6, 6.07) is -0.625. The molecule has 0 aromatic heterocycles. The summed E-state index contributed by atoms with van der Waals surface area (Å²) >= 11 is 0. The molecule has 484 valence electrons. The Balaban J connectivity index is 3.34. The number of ether oxygens (including phenoxy) is 1. The Labute approximate surface area is 513 Å². The maximum atomic E-state index is 12.5. The number of aliphatic hydroxyl groups excluding tert-OH is 2. The van der Waals surface area contributed by atoms with E-state index >= 15 is 0 Å². The van der Waals surface area contributed by atoms with Gasteiger partial charge in [-0.2, -0.15) is 0 Å². The number of allylic oxidation sites excluding steroid dienone is 5. The third kappa shape index (κ3) is 67.2. The van der Waals surface area contributed by atoms with Gasteiger partial charge in [0, 0.05) is 12.8 Å². The van der Waals surface area contributed by atoms with Crippen LogP contribution in [0, 0.1) is 0 Å². The van der Waals surface area contributed by atoms with Crippen molar-refractivity contribution in [3.63, 3.8) is 0 Å². The van der Waals surface area contributed by atoms with Crippen molar-refractivity contribution in [2.45, 2.75) is 424 Å². The number of hydrogen-bond acceptors (Lipinski definition) is 5. The summed E-state index contributed by atoms with van der Waals surface area (Å²) in [6.07, 6.45) is 92.5. The largest absolute Gasteiger partial charge is 0.466 e. The fourth-order valence-corrected chi connectivity index (χ4v) is 11.7. The number of amides is 1. The van der Waals surface area contributed by atoms with E-state index in [9.17, 15) is 19.8 Å². The normalized spacial score (nSPS) is 12.7. The summed E-state index contributed by atoms with van der Waals surface area (Å²) in [5.74, 6) is -0.0449. The molecule has 82 heavy (non-hydrogen) atoms. The highest BCUT2D eigenvalue weighted by molar-refractivity contribution is 5.76. The summed E-state index contributed by atoms with van der Waals surface area (Å²) in [5.41, 5.74) is 0. The van der Waals surface area contributed by atoms with Crippen LogP contribution in [0.5, 0.6) is 0 Å². The second-order valence-electron chi connectivity index (χ2n) is 25.6. The van der Waals surface area contributed by atoms with Crippen LogP contribution in [-0.2, 0) is 14.3 Å². The molecule has 0 rings (SSSR count). The van der Waals surface area contributed by atoms with E-state index in [2.05, 4.69) is 43.5 Å². The average Bonchev–Trinajstić information content (AvgIpc) is 3.48. The van der Waals surface area contributed by atoms with Crippen molar-refractivity contribution in [1.82, 2.24) is 5.32 Å². The molecular weight excluding hydrogens is 1010 g/mol. The monoisotopic (exact) mass is 1150 g/mol. The van der Waals surface area contributed by atoms with Gasteiger partial charge in [-0.1, -0.05) is 352 Å². The summed E-state index contributed by atoms with van der Waals surface area (Å²) in [6.45, 7) is 4.93. The lowest BCUT2D eigenvalue weighted by molar-refractivity contribution is -0.143. The zero-order valence-corrected chi connectivity index (χ0v) is 55.5. The van der Waals surface area contributed by atoms with Crippen LogP contribution in [0.3, 0.4) is 0 Å². The zero-order chi connectivity index (χ0) is 59.2. The fraction of sp³-hybridized carbons (Fsp3) is 0.895. The molecular formula is C76H145NO5. The Morgan fingerprint density at radius 3 is 0.866 bits per heavy atom. The van der Waals surface area contributed by atoms with Crippen LogP contribution in [0.15, 0.2) is 36.5 Å². The molecule has 0 aromatic rings. The SMILES string of the molecule is CCCCCCCC/C=C\CCCCCCCCCCCC(=O)OCCCCCCCCCCCCCC/C=C\CCCCCCCCCCCCCCCCCCCC(=O)NC(CO)C(O)/C=C/CCCCCCCCCCCCC. The number of hydrogen-bond donors (Lipinski definition) is 3. The molecule has 0 aromatic carbocycles. The topological polar surface area (TPSA) is 95.9 Å². The number of carbonyl (C=O) groups excluding carboxylic acids is 2. The second kappa shape index (κ2) is 71.6. The smallest absolute Gasteiger partial charge is 0.305 e. The van der Waals surface area contributed by atoms with Crippen molar-refractivity contribution in [3.8, 4) is 0 Å². The van der Waals surface area contributed by atoms with Gasteiger partial charge in [-0.05, 0) is 83.5 Å². The van der Waals surface area contributed by atoms with Crippen molar-refractivity contribution in [1.29, 1.82) is 0 Å². The number of unbranched alkanes of at least 4 members (excludes halogenated alkanes) is 55. The number of esters is 1. The molecule has 0 saturated carbocycles. The van der Waals surface area contributed by atoms with Crippen molar-refractivity contribution in [2.75, 3.05) is 13.2 Å². The van der Waals surface area contributed by atoms with Crippen LogP contribution in [0.4, 0.5) is 0 Å². The molecule has 1 amide bonds. The molecule has 3 N–H and O–H groups in total. The lowest BCUT2D eigenvalue weighted by Crippen LogP contribution is -2.45. The molecule has 0 fully saturated rings. The highest BCUT2D eigenvalue weighted by Gasteiger charge is 2.18. The van der Waals surface area contributed by atoms with Gasteiger partial charge >= 0.3 is 5.97 Å². The number of aliphatic hydroxyl groups is 2. The molecule has 0 aliphatic heterocycles. The van der Waals surface area contributed by atoms with E-state index in [1.165, 1.54) is 347 Å². The van der Waals surface area contributed by atoms with Gasteiger partial charge < -0.3 is 20.3 Å². The van der Waals surface area contributed by atoms with Crippen LogP contribution < -0.4 is 5.32 Å². The van der Waals surface area contributed by atoms with Gasteiger partial charge in [-0.15, -0.1) is 0 Å². The molecule has 0 saturated heterocycles. The molecule has 6 heteroatoms. The van der Waals surface area contributed by atoms with Gasteiger partial charge in [0.2, 0.25) is 5.91 Å². The summed E-state index contributed by atoms with van der Waals surface area (Å²) < 4.78 is 5.51. The summed E-state index contributed by atoms with van der Waals surface area (Å²) in [7, 11) is 0. The van der Waals surface area contributed by atoms with Gasteiger partial charge in [0.25, 0.3) is 0 Å². The lowest BCUT2D eigenvalue weighted by Gasteiger charge is -2.20. The van der Waals surface area contributed by atoms with Crippen LogP contribution in [-0.4, -0.2) is 47.4 Å². The Morgan fingerprint density at radius 1 is 0.329 bits per heavy atom. The van der Waals surface area contributed by atoms with E-state index in [4.69, 9.17) is 4.74 Å². The molecule has 0 radical (unpaired) electrons. The summed E-state index contributed by atoms with van der Waals surface area (Å²) in [5, 5.41) is 23.1. The van der Waals surface area contributed by atoms with E-state index in [1.54, 1.807) is 6.08 Å². The number of carbonyl (C=O) groups is 2. The Hall–Kier alpha value is -1.92. The molecule has 0 aliphatic carbocycles. The minimum Gasteiger partial charge on any atom is -0.466 e. The van der Waals surface area contributed by atoms with Gasteiger partial charge in [-0.3, -0.25) is 9.59 Å².